The first-order valence-corrected chi connectivity index (χ1v) is 3.74. The maximum absolute atomic E-state index is 13.1. The van der Waals surface area contributed by atoms with Gasteiger partial charge in [0.05, 0.1) is 0 Å². The van der Waals surface area contributed by atoms with Gasteiger partial charge in [0, 0.05) is 11.6 Å². The zero-order chi connectivity index (χ0) is 9.30. The molecule has 1 aromatic rings. The standard InChI is InChI=1S/C9H11F2N.ClH/c1-5-3-4-7(6(2)12)9(11)8(5)10;/h3-4,6H,12H2,1-2H3;1H/t6-;/m1./s1. The van der Waals surface area contributed by atoms with Crippen LogP contribution in [0, 0.1) is 18.6 Å². The van der Waals surface area contributed by atoms with E-state index in [1.165, 1.54) is 19.1 Å². The number of halogens is 3. The summed E-state index contributed by atoms with van der Waals surface area (Å²) in [5.41, 5.74) is 5.95. The van der Waals surface area contributed by atoms with Crippen LogP contribution in [0.1, 0.15) is 24.1 Å². The lowest BCUT2D eigenvalue weighted by atomic mass is 10.1. The van der Waals surface area contributed by atoms with Gasteiger partial charge in [0.25, 0.3) is 0 Å². The Labute approximate surface area is 82.4 Å². The Bertz CT molecular complexity index is 300. The normalized spacial score (nSPS) is 12.1. The molecule has 2 N–H and O–H groups in total. The molecule has 0 aliphatic carbocycles. The SMILES string of the molecule is Cc1ccc([C@@H](C)N)c(F)c1F.Cl. The van der Waals surface area contributed by atoms with Gasteiger partial charge in [-0.15, -0.1) is 12.4 Å². The van der Waals surface area contributed by atoms with E-state index >= 15 is 0 Å². The molecule has 0 aliphatic heterocycles. The van der Waals surface area contributed by atoms with Gasteiger partial charge >= 0.3 is 0 Å². The highest BCUT2D eigenvalue weighted by Gasteiger charge is 2.12. The Morgan fingerprint density at radius 2 is 1.77 bits per heavy atom. The predicted octanol–water partition coefficient (Wildman–Crippen LogP) is 2.71. The molecule has 13 heavy (non-hydrogen) atoms. The number of hydrogen-bond donors (Lipinski definition) is 1. The number of hydrogen-bond acceptors (Lipinski definition) is 1. The number of aryl methyl sites for hydroxylation is 1. The van der Waals surface area contributed by atoms with Gasteiger partial charge in [-0.1, -0.05) is 12.1 Å². The van der Waals surface area contributed by atoms with Crippen LogP contribution in [0.3, 0.4) is 0 Å². The molecule has 0 unspecified atom stereocenters. The average molecular weight is 208 g/mol. The van der Waals surface area contributed by atoms with E-state index in [0.29, 0.717) is 5.56 Å². The lowest BCUT2D eigenvalue weighted by Crippen LogP contribution is -2.09. The summed E-state index contributed by atoms with van der Waals surface area (Å²) in [5, 5.41) is 0. The van der Waals surface area contributed by atoms with Crippen LogP contribution in [0.25, 0.3) is 0 Å². The first-order valence-electron chi connectivity index (χ1n) is 3.74. The topological polar surface area (TPSA) is 26.0 Å². The number of benzene rings is 1. The van der Waals surface area contributed by atoms with Gasteiger partial charge in [0.2, 0.25) is 0 Å². The Morgan fingerprint density at radius 1 is 1.23 bits per heavy atom. The van der Waals surface area contributed by atoms with E-state index in [9.17, 15) is 8.78 Å². The summed E-state index contributed by atoms with van der Waals surface area (Å²) in [6.07, 6.45) is 0. The van der Waals surface area contributed by atoms with E-state index in [1.54, 1.807) is 6.92 Å². The summed E-state index contributed by atoms with van der Waals surface area (Å²) in [7, 11) is 0. The van der Waals surface area contributed by atoms with Gasteiger partial charge in [-0.3, -0.25) is 0 Å². The third-order valence-corrected chi connectivity index (χ3v) is 1.80. The molecule has 0 saturated carbocycles. The summed E-state index contributed by atoms with van der Waals surface area (Å²) >= 11 is 0. The molecule has 0 aliphatic rings. The van der Waals surface area contributed by atoms with Crippen molar-refractivity contribution in [3.8, 4) is 0 Å². The summed E-state index contributed by atoms with van der Waals surface area (Å²) in [5.74, 6) is -1.63. The van der Waals surface area contributed by atoms with E-state index in [0.717, 1.165) is 0 Å². The van der Waals surface area contributed by atoms with Crippen molar-refractivity contribution in [1.29, 1.82) is 0 Å². The Hall–Kier alpha value is -0.670. The summed E-state index contributed by atoms with van der Waals surface area (Å²) in [4.78, 5) is 0. The van der Waals surface area contributed by atoms with Gasteiger partial charge in [0.15, 0.2) is 11.6 Å². The lowest BCUT2D eigenvalue weighted by Gasteiger charge is -2.08. The maximum Gasteiger partial charge on any atom is 0.163 e. The monoisotopic (exact) mass is 207 g/mol. The highest BCUT2D eigenvalue weighted by Crippen LogP contribution is 2.19. The average Bonchev–Trinajstić information content (AvgIpc) is 2.00. The van der Waals surface area contributed by atoms with Crippen LogP contribution in [-0.2, 0) is 0 Å². The third-order valence-electron chi connectivity index (χ3n) is 1.80. The second-order valence-electron chi connectivity index (χ2n) is 2.89. The van der Waals surface area contributed by atoms with Crippen LogP contribution < -0.4 is 5.73 Å². The number of rotatable bonds is 1. The van der Waals surface area contributed by atoms with Crippen LogP contribution in [-0.4, -0.2) is 0 Å². The second kappa shape index (κ2) is 4.53. The highest BCUT2D eigenvalue weighted by molar-refractivity contribution is 5.85. The Kier molecular flexibility index (Phi) is 4.30. The van der Waals surface area contributed by atoms with Crippen molar-refractivity contribution in [2.24, 2.45) is 5.73 Å². The van der Waals surface area contributed by atoms with Crippen molar-refractivity contribution in [2.75, 3.05) is 0 Å². The van der Waals surface area contributed by atoms with Crippen molar-refractivity contribution in [3.63, 3.8) is 0 Å². The molecule has 0 saturated heterocycles. The van der Waals surface area contributed by atoms with E-state index in [4.69, 9.17) is 5.73 Å². The van der Waals surface area contributed by atoms with Gasteiger partial charge < -0.3 is 5.73 Å². The van der Waals surface area contributed by atoms with Crippen LogP contribution in [0.4, 0.5) is 8.78 Å². The molecule has 74 valence electrons. The molecule has 1 aromatic carbocycles. The van der Waals surface area contributed by atoms with E-state index in [2.05, 4.69) is 0 Å². The summed E-state index contributed by atoms with van der Waals surface area (Å²) < 4.78 is 26.0. The highest BCUT2D eigenvalue weighted by atomic mass is 35.5. The second-order valence-corrected chi connectivity index (χ2v) is 2.89. The molecule has 4 heteroatoms. The Morgan fingerprint density at radius 3 is 2.23 bits per heavy atom. The minimum atomic E-state index is -0.829. The molecule has 1 rings (SSSR count). The van der Waals surface area contributed by atoms with Crippen molar-refractivity contribution in [2.45, 2.75) is 19.9 Å². The molecular formula is C9H12ClF2N. The molecule has 0 heterocycles. The van der Waals surface area contributed by atoms with Crippen LogP contribution in [0.2, 0.25) is 0 Å². The van der Waals surface area contributed by atoms with Crippen molar-refractivity contribution >= 4 is 12.4 Å². The van der Waals surface area contributed by atoms with Gasteiger partial charge in [0.1, 0.15) is 0 Å². The van der Waals surface area contributed by atoms with Crippen LogP contribution in [0.5, 0.6) is 0 Å². The first kappa shape index (κ1) is 12.3. The lowest BCUT2D eigenvalue weighted by molar-refractivity contribution is 0.487. The number of nitrogens with two attached hydrogens (primary N) is 1. The fourth-order valence-corrected chi connectivity index (χ4v) is 1.01. The van der Waals surface area contributed by atoms with Crippen molar-refractivity contribution in [3.05, 3.63) is 34.9 Å². The first-order chi connectivity index (χ1) is 5.54. The van der Waals surface area contributed by atoms with E-state index in [-0.39, 0.29) is 18.0 Å². The molecule has 0 spiro atoms. The quantitative estimate of drug-likeness (QED) is 0.753. The minimum absolute atomic E-state index is 0. The van der Waals surface area contributed by atoms with E-state index in [1.807, 2.05) is 0 Å². The maximum atomic E-state index is 13.1. The molecule has 1 atom stereocenters. The summed E-state index contributed by atoms with van der Waals surface area (Å²) in [6.45, 7) is 3.14. The predicted molar refractivity (Wildman–Crippen MR) is 50.9 cm³/mol. The summed E-state index contributed by atoms with van der Waals surface area (Å²) in [6, 6.07) is 2.57. The van der Waals surface area contributed by atoms with Crippen molar-refractivity contribution < 1.29 is 8.78 Å². The molecule has 0 aromatic heterocycles. The van der Waals surface area contributed by atoms with Crippen molar-refractivity contribution in [1.82, 2.24) is 0 Å². The van der Waals surface area contributed by atoms with Gasteiger partial charge in [-0.05, 0) is 19.4 Å². The fourth-order valence-electron chi connectivity index (χ4n) is 1.01. The molecular weight excluding hydrogens is 196 g/mol. The molecule has 0 bridgehead atoms. The molecule has 0 amide bonds. The Balaban J connectivity index is 0.00000144. The van der Waals surface area contributed by atoms with E-state index < -0.39 is 17.7 Å². The van der Waals surface area contributed by atoms with Crippen LogP contribution in [0.15, 0.2) is 12.1 Å². The minimum Gasteiger partial charge on any atom is -0.324 e. The van der Waals surface area contributed by atoms with Crippen LogP contribution >= 0.6 is 12.4 Å². The smallest absolute Gasteiger partial charge is 0.163 e. The van der Waals surface area contributed by atoms with Gasteiger partial charge in [-0.2, -0.15) is 0 Å². The largest absolute Gasteiger partial charge is 0.324 e. The molecule has 0 radical (unpaired) electrons. The fraction of sp³-hybridized carbons (Fsp3) is 0.333. The third kappa shape index (κ3) is 2.39. The van der Waals surface area contributed by atoms with Gasteiger partial charge in [-0.25, -0.2) is 8.78 Å². The zero-order valence-electron chi connectivity index (χ0n) is 7.47. The zero-order valence-corrected chi connectivity index (χ0v) is 8.29. The molecule has 1 nitrogen and oxygen atoms in total. The molecule has 0 fully saturated rings.